The molecule has 1 saturated carbocycles. The summed E-state index contributed by atoms with van der Waals surface area (Å²) in [6.45, 7) is 4.23. The summed E-state index contributed by atoms with van der Waals surface area (Å²) < 4.78 is 19.4. The summed E-state index contributed by atoms with van der Waals surface area (Å²) in [6.07, 6.45) is 12.0. The summed E-state index contributed by atoms with van der Waals surface area (Å²) in [5, 5.41) is 0. The molecular weight excluding hydrogens is 489 g/mol. The van der Waals surface area contributed by atoms with Gasteiger partial charge >= 0.3 is 5.97 Å². The number of hydrogen-bond acceptors (Lipinski definition) is 5. The van der Waals surface area contributed by atoms with Crippen molar-refractivity contribution in [3.63, 3.8) is 0 Å². The first-order valence-electron chi connectivity index (χ1n) is 14.4. The Balaban J connectivity index is 1.54. The van der Waals surface area contributed by atoms with Crippen molar-refractivity contribution >= 4 is 18.4 Å². The average Bonchev–Trinajstić information content (AvgIpc) is 3.31. The molecule has 0 amide bonds. The molecule has 1 heterocycles. The summed E-state index contributed by atoms with van der Waals surface area (Å²) in [6, 6.07) is 17.3. The van der Waals surface area contributed by atoms with E-state index in [2.05, 4.69) is 62.2 Å². The summed E-state index contributed by atoms with van der Waals surface area (Å²) in [5.74, 6) is 0.558. The molecule has 0 spiro atoms. The highest BCUT2D eigenvalue weighted by Crippen LogP contribution is 2.45. The molecule has 4 atom stereocenters. The quantitative estimate of drug-likeness (QED) is 0.310. The van der Waals surface area contributed by atoms with Crippen molar-refractivity contribution in [1.82, 2.24) is 9.80 Å². The molecule has 1 fully saturated rings. The van der Waals surface area contributed by atoms with Crippen LogP contribution in [0, 0.1) is 23.6 Å². The first kappa shape index (κ1) is 29.0. The second-order valence-electron chi connectivity index (χ2n) is 11.5. The molecule has 0 N–H and O–H groups in total. The van der Waals surface area contributed by atoms with Crippen LogP contribution in [-0.4, -0.2) is 54.9 Å². The second kappa shape index (κ2) is 12.9. The molecule has 0 bridgehead atoms. The number of hydrogen-bond donors (Lipinski definition) is 0. The number of carbonyl (C=O) groups is 1. The molecule has 1 aliphatic carbocycles. The summed E-state index contributed by atoms with van der Waals surface area (Å²) >= 11 is 0. The van der Waals surface area contributed by atoms with Gasteiger partial charge in [-0.25, -0.2) is 9.18 Å². The minimum absolute atomic E-state index is 0.0452. The van der Waals surface area contributed by atoms with Crippen molar-refractivity contribution in [2.75, 3.05) is 21.2 Å². The summed E-state index contributed by atoms with van der Waals surface area (Å²) in [5.41, 5.74) is 1.23. The number of halogens is 1. The van der Waals surface area contributed by atoms with Crippen molar-refractivity contribution in [3.05, 3.63) is 77.7 Å². The van der Waals surface area contributed by atoms with Gasteiger partial charge in [-0.1, -0.05) is 75.6 Å². The van der Waals surface area contributed by atoms with E-state index in [4.69, 9.17) is 9.73 Å². The maximum absolute atomic E-state index is 14.0. The van der Waals surface area contributed by atoms with Crippen molar-refractivity contribution in [2.45, 2.75) is 70.0 Å². The maximum Gasteiger partial charge on any atom is 0.336 e. The van der Waals surface area contributed by atoms with E-state index in [1.807, 2.05) is 36.7 Å². The first-order chi connectivity index (χ1) is 18.8. The molecule has 5 nitrogen and oxygen atoms in total. The number of carbonyl (C=O) groups excluding carboxylic acids is 1. The number of esters is 1. The average molecular weight is 534 g/mol. The van der Waals surface area contributed by atoms with Gasteiger partial charge in [0.25, 0.3) is 0 Å². The van der Waals surface area contributed by atoms with E-state index in [-0.39, 0.29) is 29.8 Å². The Morgan fingerprint density at radius 3 is 2.49 bits per heavy atom. The molecule has 2 aliphatic rings. The lowest BCUT2D eigenvalue weighted by Crippen LogP contribution is -2.55. The molecule has 2 aromatic carbocycles. The summed E-state index contributed by atoms with van der Waals surface area (Å²) in [4.78, 5) is 22.6. The van der Waals surface area contributed by atoms with Crippen molar-refractivity contribution in [2.24, 2.45) is 22.7 Å². The molecule has 210 valence electrons. The number of methoxy groups -OCH3 is 1. The van der Waals surface area contributed by atoms with Gasteiger partial charge in [-0.3, -0.25) is 4.99 Å². The lowest BCUT2D eigenvalue weighted by molar-refractivity contribution is -0.151. The normalized spacial score (nSPS) is 26.7. The SMILES string of the molecule is CCC(C)C1(C(=O)OC)N=CN(C=Cc2ccccc2)C1CC1CCC(C(c2cccc(F)c2)N(C)C)CC1. The molecule has 0 saturated heterocycles. The topological polar surface area (TPSA) is 45.1 Å². The molecular formula is C33H44FN3O2. The monoisotopic (exact) mass is 533 g/mol. The van der Waals surface area contributed by atoms with Crippen LogP contribution in [0.5, 0.6) is 0 Å². The van der Waals surface area contributed by atoms with Gasteiger partial charge in [-0.15, -0.1) is 0 Å². The smallest absolute Gasteiger partial charge is 0.336 e. The molecule has 0 radical (unpaired) electrons. The Morgan fingerprint density at radius 2 is 1.87 bits per heavy atom. The fourth-order valence-corrected chi connectivity index (χ4v) is 6.79. The number of rotatable bonds is 10. The van der Waals surface area contributed by atoms with Crippen LogP contribution in [0.4, 0.5) is 4.39 Å². The third-order valence-corrected chi connectivity index (χ3v) is 9.03. The minimum Gasteiger partial charge on any atom is -0.467 e. The van der Waals surface area contributed by atoms with Gasteiger partial charge in [0.15, 0.2) is 5.54 Å². The zero-order valence-corrected chi connectivity index (χ0v) is 24.1. The fourth-order valence-electron chi connectivity index (χ4n) is 6.79. The van der Waals surface area contributed by atoms with E-state index in [1.54, 1.807) is 6.07 Å². The fraction of sp³-hybridized carbons (Fsp3) is 0.515. The van der Waals surface area contributed by atoms with Crippen LogP contribution in [0.3, 0.4) is 0 Å². The van der Waals surface area contributed by atoms with Gasteiger partial charge in [0.1, 0.15) is 5.82 Å². The Morgan fingerprint density at radius 1 is 1.15 bits per heavy atom. The van der Waals surface area contributed by atoms with Crippen LogP contribution < -0.4 is 0 Å². The zero-order valence-electron chi connectivity index (χ0n) is 24.1. The van der Waals surface area contributed by atoms with Gasteiger partial charge in [0, 0.05) is 12.2 Å². The number of ether oxygens (including phenoxy) is 1. The predicted octanol–water partition coefficient (Wildman–Crippen LogP) is 6.97. The lowest BCUT2D eigenvalue weighted by atomic mass is 9.70. The molecule has 39 heavy (non-hydrogen) atoms. The van der Waals surface area contributed by atoms with Crippen LogP contribution >= 0.6 is 0 Å². The highest BCUT2D eigenvalue weighted by atomic mass is 19.1. The Labute approximate surface area is 233 Å². The van der Waals surface area contributed by atoms with E-state index in [0.717, 1.165) is 49.7 Å². The Hall–Kier alpha value is -2.99. The lowest BCUT2D eigenvalue weighted by Gasteiger charge is -2.42. The largest absolute Gasteiger partial charge is 0.467 e. The zero-order chi connectivity index (χ0) is 28.0. The number of aliphatic imine (C=N–C) groups is 1. The van der Waals surface area contributed by atoms with Crippen molar-refractivity contribution in [3.8, 4) is 0 Å². The molecule has 6 heteroatoms. The highest BCUT2D eigenvalue weighted by molar-refractivity contribution is 5.87. The van der Waals surface area contributed by atoms with Crippen LogP contribution in [0.2, 0.25) is 0 Å². The van der Waals surface area contributed by atoms with Crippen LogP contribution in [0.15, 0.2) is 65.8 Å². The highest BCUT2D eigenvalue weighted by Gasteiger charge is 2.55. The second-order valence-corrected chi connectivity index (χ2v) is 11.5. The van der Waals surface area contributed by atoms with E-state index in [9.17, 15) is 9.18 Å². The van der Waals surface area contributed by atoms with E-state index in [1.165, 1.54) is 13.2 Å². The molecule has 1 aliphatic heterocycles. The molecule has 2 aromatic rings. The van der Waals surface area contributed by atoms with Gasteiger partial charge < -0.3 is 14.5 Å². The summed E-state index contributed by atoms with van der Waals surface area (Å²) in [7, 11) is 5.65. The van der Waals surface area contributed by atoms with Gasteiger partial charge in [-0.05, 0) is 80.4 Å². The third kappa shape index (κ3) is 6.27. The van der Waals surface area contributed by atoms with Crippen LogP contribution in [0.25, 0.3) is 6.08 Å². The maximum atomic E-state index is 14.0. The van der Waals surface area contributed by atoms with E-state index >= 15 is 0 Å². The molecule has 4 unspecified atom stereocenters. The van der Waals surface area contributed by atoms with Gasteiger partial charge in [0.05, 0.1) is 19.5 Å². The number of nitrogens with zero attached hydrogens (tertiary/aromatic N) is 3. The first-order valence-corrected chi connectivity index (χ1v) is 14.4. The van der Waals surface area contributed by atoms with Crippen LogP contribution in [-0.2, 0) is 9.53 Å². The Kier molecular flexibility index (Phi) is 9.60. The van der Waals surface area contributed by atoms with Crippen molar-refractivity contribution in [1.29, 1.82) is 0 Å². The third-order valence-electron chi connectivity index (χ3n) is 9.03. The van der Waals surface area contributed by atoms with Crippen molar-refractivity contribution < 1.29 is 13.9 Å². The predicted molar refractivity (Wildman–Crippen MR) is 157 cm³/mol. The molecule has 4 rings (SSSR count). The standard InChI is InChI=1S/C33H44FN3O2/c1-6-24(2)33(32(38)39-5)30(37(23-35-33)20-19-25-11-8-7-9-12-25)21-26-15-17-27(18-16-26)31(36(3)4)28-13-10-14-29(34)22-28/h7-14,19-20,22-24,26-27,30-31H,6,15-18,21H2,1-5H3. The van der Waals surface area contributed by atoms with Gasteiger partial charge in [-0.2, -0.15) is 0 Å². The van der Waals surface area contributed by atoms with Crippen LogP contribution in [0.1, 0.15) is 69.5 Å². The van der Waals surface area contributed by atoms with Gasteiger partial charge in [0.2, 0.25) is 0 Å². The minimum atomic E-state index is -0.922. The van der Waals surface area contributed by atoms with E-state index < -0.39 is 5.54 Å². The Bertz CT molecular complexity index is 1140. The van der Waals surface area contributed by atoms with E-state index in [0.29, 0.717) is 11.8 Å². The number of benzene rings is 2. The molecule has 0 aromatic heterocycles.